The van der Waals surface area contributed by atoms with Gasteiger partial charge in [0.2, 0.25) is 0 Å². The number of fused-ring (bicyclic) bond motifs is 1. The molecule has 0 radical (unpaired) electrons. The Morgan fingerprint density at radius 3 is 2.70 bits per heavy atom. The van der Waals surface area contributed by atoms with Crippen LogP contribution in [-0.4, -0.2) is 6.54 Å². The zero-order chi connectivity index (χ0) is 16.3. The van der Waals surface area contributed by atoms with Gasteiger partial charge in [-0.15, -0.1) is 0 Å². The molecule has 0 saturated carbocycles. The molecule has 0 fully saturated rings. The number of nitriles is 1. The molecule has 3 rings (SSSR count). The summed E-state index contributed by atoms with van der Waals surface area (Å²) in [5.41, 5.74) is 7.94. The third-order valence-electron chi connectivity index (χ3n) is 4.48. The van der Waals surface area contributed by atoms with Crippen LogP contribution in [0, 0.1) is 11.3 Å². The van der Waals surface area contributed by atoms with Gasteiger partial charge in [0.05, 0.1) is 5.56 Å². The molecule has 2 N–H and O–H groups in total. The Kier molecular flexibility index (Phi) is 4.56. The molecule has 1 aliphatic rings. The average molecular weight is 327 g/mol. The highest BCUT2D eigenvalue weighted by molar-refractivity contribution is 6.31. The standard InChI is InChI=1S/C19H19ClN2O/c20-17-9-8-14(13-22)18-16(17)7-4-10-19(23-18,11-12-21)15-5-2-1-3-6-15/h1-3,5-6,8-9H,4,7,10-12,21H2. The number of benzene rings is 2. The Morgan fingerprint density at radius 2 is 2.00 bits per heavy atom. The number of nitrogens with zero attached hydrogens (tertiary/aromatic N) is 1. The second kappa shape index (κ2) is 6.62. The molecule has 23 heavy (non-hydrogen) atoms. The van der Waals surface area contributed by atoms with Gasteiger partial charge in [-0.05, 0) is 43.5 Å². The first kappa shape index (κ1) is 15.9. The van der Waals surface area contributed by atoms with Crippen molar-refractivity contribution in [2.24, 2.45) is 5.73 Å². The highest BCUT2D eigenvalue weighted by Crippen LogP contribution is 2.43. The van der Waals surface area contributed by atoms with Gasteiger partial charge in [-0.2, -0.15) is 5.26 Å². The van der Waals surface area contributed by atoms with Gasteiger partial charge in [-0.3, -0.25) is 0 Å². The number of halogens is 1. The normalized spacial score (nSPS) is 20.0. The van der Waals surface area contributed by atoms with E-state index in [1.165, 1.54) is 0 Å². The van der Waals surface area contributed by atoms with Crippen LogP contribution in [0.4, 0.5) is 0 Å². The number of nitrogens with two attached hydrogens (primary N) is 1. The Balaban J connectivity index is 2.14. The molecule has 2 aromatic carbocycles. The molecule has 0 bridgehead atoms. The lowest BCUT2D eigenvalue weighted by Crippen LogP contribution is -2.35. The number of ether oxygens (including phenoxy) is 1. The number of rotatable bonds is 3. The monoisotopic (exact) mass is 326 g/mol. The van der Waals surface area contributed by atoms with E-state index in [1.807, 2.05) is 18.2 Å². The molecule has 3 nitrogen and oxygen atoms in total. The quantitative estimate of drug-likeness (QED) is 0.920. The molecule has 1 unspecified atom stereocenters. The highest BCUT2D eigenvalue weighted by Gasteiger charge is 2.37. The van der Waals surface area contributed by atoms with E-state index in [0.29, 0.717) is 29.3 Å². The largest absolute Gasteiger partial charge is 0.481 e. The van der Waals surface area contributed by atoms with Crippen LogP contribution >= 0.6 is 11.6 Å². The molecule has 118 valence electrons. The van der Waals surface area contributed by atoms with E-state index in [-0.39, 0.29) is 0 Å². The fourth-order valence-electron chi connectivity index (χ4n) is 3.34. The Morgan fingerprint density at radius 1 is 1.22 bits per heavy atom. The summed E-state index contributed by atoms with van der Waals surface area (Å²) < 4.78 is 6.49. The van der Waals surface area contributed by atoms with Gasteiger partial charge in [0, 0.05) is 17.0 Å². The molecule has 2 aromatic rings. The van der Waals surface area contributed by atoms with Gasteiger partial charge in [0.1, 0.15) is 17.4 Å². The molecule has 0 amide bonds. The molecule has 0 saturated heterocycles. The summed E-state index contributed by atoms with van der Waals surface area (Å²) in [7, 11) is 0. The van der Waals surface area contributed by atoms with Crippen molar-refractivity contribution in [2.75, 3.05) is 6.54 Å². The van der Waals surface area contributed by atoms with E-state index in [9.17, 15) is 5.26 Å². The lowest BCUT2D eigenvalue weighted by molar-refractivity contribution is 0.0525. The van der Waals surface area contributed by atoms with Crippen LogP contribution in [0.5, 0.6) is 5.75 Å². The van der Waals surface area contributed by atoms with E-state index in [0.717, 1.165) is 30.4 Å². The second-order valence-corrected chi connectivity index (χ2v) is 6.28. The van der Waals surface area contributed by atoms with Crippen molar-refractivity contribution in [3.63, 3.8) is 0 Å². The van der Waals surface area contributed by atoms with E-state index >= 15 is 0 Å². The first-order valence-electron chi connectivity index (χ1n) is 7.86. The lowest BCUT2D eigenvalue weighted by atomic mass is 9.85. The highest BCUT2D eigenvalue weighted by atomic mass is 35.5. The van der Waals surface area contributed by atoms with Crippen LogP contribution in [0.2, 0.25) is 5.02 Å². The van der Waals surface area contributed by atoms with Crippen molar-refractivity contribution >= 4 is 11.6 Å². The van der Waals surface area contributed by atoms with Crippen LogP contribution in [0.25, 0.3) is 0 Å². The van der Waals surface area contributed by atoms with E-state index in [2.05, 4.69) is 18.2 Å². The number of hydrogen-bond acceptors (Lipinski definition) is 3. The van der Waals surface area contributed by atoms with Crippen LogP contribution in [0.1, 0.15) is 36.0 Å². The van der Waals surface area contributed by atoms with Gasteiger partial charge >= 0.3 is 0 Å². The molecular weight excluding hydrogens is 308 g/mol. The van der Waals surface area contributed by atoms with Crippen molar-refractivity contribution in [2.45, 2.75) is 31.3 Å². The van der Waals surface area contributed by atoms with Crippen LogP contribution < -0.4 is 10.5 Å². The van der Waals surface area contributed by atoms with Gasteiger partial charge in [-0.1, -0.05) is 41.9 Å². The van der Waals surface area contributed by atoms with Crippen molar-refractivity contribution < 1.29 is 4.74 Å². The van der Waals surface area contributed by atoms with Crippen LogP contribution in [0.15, 0.2) is 42.5 Å². The second-order valence-electron chi connectivity index (χ2n) is 5.87. The zero-order valence-corrected chi connectivity index (χ0v) is 13.6. The maximum Gasteiger partial charge on any atom is 0.143 e. The molecule has 0 aromatic heterocycles. The predicted octanol–water partition coefficient (Wildman–Crippen LogP) is 4.17. The summed E-state index contributed by atoms with van der Waals surface area (Å²) >= 11 is 6.35. The van der Waals surface area contributed by atoms with Gasteiger partial charge in [0.25, 0.3) is 0 Å². The zero-order valence-electron chi connectivity index (χ0n) is 12.9. The molecule has 1 atom stereocenters. The van der Waals surface area contributed by atoms with Crippen LogP contribution in [0.3, 0.4) is 0 Å². The molecule has 4 heteroatoms. The Bertz CT molecular complexity index is 739. The summed E-state index contributed by atoms with van der Waals surface area (Å²) in [6.45, 7) is 0.521. The molecule has 1 heterocycles. The van der Waals surface area contributed by atoms with Gasteiger partial charge in [-0.25, -0.2) is 0 Å². The van der Waals surface area contributed by atoms with Crippen molar-refractivity contribution in [3.05, 3.63) is 64.2 Å². The third kappa shape index (κ3) is 2.93. The summed E-state index contributed by atoms with van der Waals surface area (Å²) in [5, 5.41) is 10.1. The predicted molar refractivity (Wildman–Crippen MR) is 91.5 cm³/mol. The number of hydrogen-bond donors (Lipinski definition) is 1. The minimum Gasteiger partial charge on any atom is -0.481 e. The average Bonchev–Trinajstić information content (AvgIpc) is 2.78. The van der Waals surface area contributed by atoms with Crippen molar-refractivity contribution in [1.82, 2.24) is 0 Å². The summed E-state index contributed by atoms with van der Waals surface area (Å²) in [5.74, 6) is 0.620. The van der Waals surface area contributed by atoms with Crippen molar-refractivity contribution in [3.8, 4) is 11.8 Å². The van der Waals surface area contributed by atoms with Crippen LogP contribution in [-0.2, 0) is 12.0 Å². The molecule has 1 aliphatic heterocycles. The van der Waals surface area contributed by atoms with E-state index in [4.69, 9.17) is 22.1 Å². The maximum atomic E-state index is 9.45. The third-order valence-corrected chi connectivity index (χ3v) is 4.83. The van der Waals surface area contributed by atoms with Gasteiger partial charge in [0.15, 0.2) is 0 Å². The lowest BCUT2D eigenvalue weighted by Gasteiger charge is -2.34. The van der Waals surface area contributed by atoms with E-state index < -0.39 is 5.60 Å². The molecular formula is C19H19ClN2O. The van der Waals surface area contributed by atoms with E-state index in [1.54, 1.807) is 12.1 Å². The minimum absolute atomic E-state index is 0.502. The fourth-order valence-corrected chi connectivity index (χ4v) is 3.58. The smallest absolute Gasteiger partial charge is 0.143 e. The Hall–Kier alpha value is -2.02. The molecule has 0 aliphatic carbocycles. The maximum absolute atomic E-state index is 9.45. The minimum atomic E-state index is -0.502. The SMILES string of the molecule is N#Cc1ccc(Cl)c2c1OC(CCN)(c1ccccc1)CCC2. The molecule has 0 spiro atoms. The first-order chi connectivity index (χ1) is 11.2. The van der Waals surface area contributed by atoms with Gasteiger partial charge < -0.3 is 10.5 Å². The summed E-state index contributed by atoms with van der Waals surface area (Å²) in [4.78, 5) is 0. The fraction of sp³-hybridized carbons (Fsp3) is 0.316. The summed E-state index contributed by atoms with van der Waals surface area (Å²) in [6, 6.07) is 15.9. The first-order valence-corrected chi connectivity index (χ1v) is 8.24. The topological polar surface area (TPSA) is 59.0 Å². The van der Waals surface area contributed by atoms with Crippen molar-refractivity contribution in [1.29, 1.82) is 5.26 Å². The summed E-state index contributed by atoms with van der Waals surface area (Å²) in [6.07, 6.45) is 3.30. The Labute approximate surface area is 141 Å².